The van der Waals surface area contributed by atoms with E-state index in [1.807, 2.05) is 9.84 Å². The van der Waals surface area contributed by atoms with E-state index in [2.05, 4.69) is 133 Å². The number of rotatable bonds is 8. The average Bonchev–Trinajstić information content (AvgIpc) is 3.59. The van der Waals surface area contributed by atoms with E-state index >= 15 is 0 Å². The van der Waals surface area contributed by atoms with Gasteiger partial charge in [0.25, 0.3) is 0 Å². The summed E-state index contributed by atoms with van der Waals surface area (Å²) in [6, 6.07) is 22.4. The van der Waals surface area contributed by atoms with Crippen molar-refractivity contribution in [3.63, 3.8) is 0 Å². The predicted molar refractivity (Wildman–Crippen MR) is 166 cm³/mol. The molecule has 2 heteroatoms. The van der Waals surface area contributed by atoms with Crippen molar-refractivity contribution in [1.82, 2.24) is 0 Å². The van der Waals surface area contributed by atoms with Crippen LogP contribution in [0.2, 0.25) is 13.1 Å². The summed E-state index contributed by atoms with van der Waals surface area (Å²) >= 11 is -3.31. The van der Waals surface area contributed by atoms with Gasteiger partial charge in [-0.2, -0.15) is 0 Å². The summed E-state index contributed by atoms with van der Waals surface area (Å²) in [6.07, 6.45) is 14.5. The summed E-state index contributed by atoms with van der Waals surface area (Å²) in [4.78, 5) is 0. The van der Waals surface area contributed by atoms with Crippen molar-refractivity contribution >= 4 is 5.92 Å². The van der Waals surface area contributed by atoms with E-state index < -0.39 is 25.4 Å². The molecule has 38 heavy (non-hydrogen) atoms. The zero-order valence-electron chi connectivity index (χ0n) is 24.5. The van der Waals surface area contributed by atoms with Crippen LogP contribution in [0.3, 0.4) is 0 Å². The number of hydrogen-bond acceptors (Lipinski definition) is 0. The molecular formula is C36H44SiZr. The Morgan fingerprint density at radius 3 is 1.50 bits per heavy atom. The molecule has 2 aromatic rings. The van der Waals surface area contributed by atoms with Crippen molar-refractivity contribution in [3.8, 4) is 0 Å². The molecule has 0 radical (unpaired) electrons. The van der Waals surface area contributed by atoms with Gasteiger partial charge in [0.05, 0.1) is 0 Å². The molecule has 0 saturated carbocycles. The maximum absolute atomic E-state index is 3.31. The van der Waals surface area contributed by atoms with Gasteiger partial charge in [-0.15, -0.1) is 0 Å². The molecule has 0 fully saturated rings. The molecule has 0 bridgehead atoms. The molecule has 0 heterocycles. The van der Waals surface area contributed by atoms with Crippen LogP contribution in [0.5, 0.6) is 0 Å². The Kier molecular flexibility index (Phi) is 7.87. The molecule has 0 saturated heterocycles. The van der Waals surface area contributed by atoms with E-state index in [1.165, 1.54) is 11.1 Å². The zero-order valence-corrected chi connectivity index (χ0v) is 28.1. The molecule has 0 aliphatic heterocycles. The van der Waals surface area contributed by atoms with Crippen LogP contribution >= 0.6 is 0 Å². The molecule has 0 spiro atoms. The fraction of sp³-hybridized carbons (Fsp3) is 0.333. The quantitative estimate of drug-likeness (QED) is 0.267. The van der Waals surface area contributed by atoms with Crippen molar-refractivity contribution in [3.05, 3.63) is 134 Å². The van der Waals surface area contributed by atoms with Crippen molar-refractivity contribution in [1.29, 1.82) is 0 Å². The van der Waals surface area contributed by atoms with E-state index in [4.69, 9.17) is 0 Å². The third kappa shape index (κ3) is 4.56. The van der Waals surface area contributed by atoms with Gasteiger partial charge in [-0.05, 0) is 0 Å². The molecule has 3 aliphatic carbocycles. The van der Waals surface area contributed by atoms with E-state index in [0.717, 1.165) is 25.7 Å². The monoisotopic (exact) mass is 594 g/mol. The van der Waals surface area contributed by atoms with Crippen LogP contribution in [0.4, 0.5) is 0 Å². The first kappa shape index (κ1) is 27.5. The minimum atomic E-state index is -3.31. The summed E-state index contributed by atoms with van der Waals surface area (Å²) in [6.45, 7) is 17.8. The molecular weight excluding hydrogens is 552 g/mol. The van der Waals surface area contributed by atoms with Gasteiger partial charge >= 0.3 is 238 Å². The third-order valence-corrected chi connectivity index (χ3v) is 41.8. The molecule has 3 aliphatic rings. The topological polar surface area (TPSA) is 0 Å². The van der Waals surface area contributed by atoms with Crippen LogP contribution in [-0.4, -0.2) is 5.92 Å². The Labute approximate surface area is 236 Å². The Morgan fingerprint density at radius 1 is 0.684 bits per heavy atom. The molecule has 0 aromatic heterocycles. The Morgan fingerprint density at radius 2 is 1.13 bits per heavy atom. The summed E-state index contributed by atoms with van der Waals surface area (Å²) in [7, 11) is 0. The normalized spacial score (nSPS) is 19.3. The van der Waals surface area contributed by atoms with Crippen LogP contribution in [0.25, 0.3) is 0 Å². The first-order valence-corrected chi connectivity index (χ1v) is 25.3. The van der Waals surface area contributed by atoms with Gasteiger partial charge in [-0.3, -0.25) is 0 Å². The zero-order chi connectivity index (χ0) is 27.1. The van der Waals surface area contributed by atoms with Crippen LogP contribution < -0.4 is 0 Å². The fourth-order valence-corrected chi connectivity index (χ4v) is 43.9. The average molecular weight is 596 g/mol. The van der Waals surface area contributed by atoms with Gasteiger partial charge in [0, 0.05) is 0 Å². The fourth-order valence-electron chi connectivity index (χ4n) is 7.74. The van der Waals surface area contributed by atoms with Gasteiger partial charge in [0.15, 0.2) is 0 Å². The number of allylic oxidation sites excluding steroid dienone is 12. The van der Waals surface area contributed by atoms with Gasteiger partial charge in [-0.1, -0.05) is 0 Å². The van der Waals surface area contributed by atoms with Crippen molar-refractivity contribution in [2.24, 2.45) is 5.41 Å². The summed E-state index contributed by atoms with van der Waals surface area (Å²) in [5, 5.41) is 0. The number of hydrogen-bond donors (Lipinski definition) is 0. The van der Waals surface area contributed by atoms with Crippen molar-refractivity contribution in [2.45, 2.75) is 73.4 Å². The second-order valence-corrected chi connectivity index (χ2v) is 36.5. The van der Waals surface area contributed by atoms with Crippen LogP contribution in [-0.2, 0) is 32.3 Å². The summed E-state index contributed by atoms with van der Waals surface area (Å²) in [5.41, 5.74) is 11.1. The first-order valence-electron chi connectivity index (χ1n) is 14.4. The van der Waals surface area contributed by atoms with Gasteiger partial charge < -0.3 is 0 Å². The molecule has 5 rings (SSSR count). The standard InChI is InChI=1S/2C12H11.C10H15.C2H7Si.Zr/c2*1-2-6-11(7-3-1)10-12-8-4-5-9-12;1-7-6-10(4,5)9(3)8(7)2;1-3-2;/h2*1-4,6-8H,5,10H2;1-5H3;3H,1-2H3;. The summed E-state index contributed by atoms with van der Waals surface area (Å²) in [5.74, 6) is -1.12. The Bertz CT molecular complexity index is 1330. The second-order valence-electron chi connectivity index (χ2n) is 12.4. The van der Waals surface area contributed by atoms with Crippen LogP contribution in [0, 0.1) is 5.41 Å². The molecule has 0 unspecified atom stereocenters. The second kappa shape index (κ2) is 10.9. The van der Waals surface area contributed by atoms with Crippen LogP contribution in [0.1, 0.15) is 58.6 Å². The first-order chi connectivity index (χ1) is 18.2. The van der Waals surface area contributed by atoms with E-state index in [9.17, 15) is 0 Å². The van der Waals surface area contributed by atoms with Gasteiger partial charge in [0.1, 0.15) is 0 Å². The third-order valence-electron chi connectivity index (χ3n) is 9.81. The van der Waals surface area contributed by atoms with Crippen molar-refractivity contribution in [2.75, 3.05) is 0 Å². The minimum absolute atomic E-state index is 0.141. The van der Waals surface area contributed by atoms with Gasteiger partial charge in [-0.25, -0.2) is 0 Å². The van der Waals surface area contributed by atoms with E-state index in [1.54, 1.807) is 27.9 Å². The van der Waals surface area contributed by atoms with E-state index in [-0.39, 0.29) is 5.41 Å². The van der Waals surface area contributed by atoms with Gasteiger partial charge in [0.2, 0.25) is 0 Å². The maximum atomic E-state index is 2.71. The molecule has 0 amide bonds. The molecule has 196 valence electrons. The van der Waals surface area contributed by atoms with Crippen LogP contribution in [0.15, 0.2) is 123 Å². The van der Waals surface area contributed by atoms with Crippen molar-refractivity contribution < 1.29 is 19.4 Å². The Hall–Kier alpha value is -2.02. The Balaban J connectivity index is 1.79. The summed E-state index contributed by atoms with van der Waals surface area (Å²) < 4.78 is 5.72. The SMILES string of the molecule is CC1=C(C)C(C)(C)[C]([Zr]([C]2=C(Cc3ccccc3)C=CC2)([C]2=C(Cc3ccccc3)C=CC2)[SiH](C)C)=C1C. The molecule has 0 N–H and O–H groups in total. The predicted octanol–water partition coefficient (Wildman–Crippen LogP) is 9.69. The molecule has 0 nitrogen and oxygen atoms in total. The number of benzene rings is 2. The molecule has 0 atom stereocenters. The molecule has 2 aromatic carbocycles. The van der Waals surface area contributed by atoms with E-state index in [0.29, 0.717) is 0 Å².